The summed E-state index contributed by atoms with van der Waals surface area (Å²) in [5.41, 5.74) is 2.86. The maximum atomic E-state index is 12.4. The molecule has 160 valence electrons. The van der Waals surface area contributed by atoms with Gasteiger partial charge < -0.3 is 25.2 Å². The second-order valence-electron chi connectivity index (χ2n) is 7.63. The van der Waals surface area contributed by atoms with Crippen LogP contribution in [0.1, 0.15) is 25.3 Å². The van der Waals surface area contributed by atoms with E-state index < -0.39 is 0 Å². The number of methoxy groups -OCH3 is 1. The Bertz CT molecular complexity index is 861. The van der Waals surface area contributed by atoms with Gasteiger partial charge in [-0.05, 0) is 54.8 Å². The maximum absolute atomic E-state index is 12.4. The summed E-state index contributed by atoms with van der Waals surface area (Å²) >= 11 is 0. The van der Waals surface area contributed by atoms with Crippen molar-refractivity contribution in [2.75, 3.05) is 37.5 Å². The van der Waals surface area contributed by atoms with Gasteiger partial charge in [0.15, 0.2) is 0 Å². The van der Waals surface area contributed by atoms with Crippen LogP contribution < -0.4 is 20.3 Å². The number of rotatable bonds is 6. The predicted molar refractivity (Wildman–Crippen MR) is 119 cm³/mol. The molecular weight excluding hydrogens is 380 g/mol. The fourth-order valence-electron chi connectivity index (χ4n) is 3.56. The van der Waals surface area contributed by atoms with Crippen LogP contribution >= 0.6 is 0 Å². The Kier molecular flexibility index (Phi) is 7.17. The van der Waals surface area contributed by atoms with Crippen molar-refractivity contribution in [2.45, 2.75) is 32.4 Å². The molecule has 7 nitrogen and oxygen atoms in total. The van der Waals surface area contributed by atoms with E-state index in [-0.39, 0.29) is 18.0 Å². The number of hydrogen-bond acceptors (Lipinski definition) is 4. The fraction of sp³-hybridized carbons (Fsp3) is 0.391. The largest absolute Gasteiger partial charge is 0.497 e. The second-order valence-corrected chi connectivity index (χ2v) is 7.63. The van der Waals surface area contributed by atoms with Crippen molar-refractivity contribution >= 4 is 23.3 Å². The highest BCUT2D eigenvalue weighted by Crippen LogP contribution is 2.23. The zero-order valence-electron chi connectivity index (χ0n) is 17.9. The van der Waals surface area contributed by atoms with Gasteiger partial charge in [0.2, 0.25) is 5.91 Å². The summed E-state index contributed by atoms with van der Waals surface area (Å²) in [5, 5.41) is 5.98. The summed E-state index contributed by atoms with van der Waals surface area (Å²) in [6.45, 7) is 3.83. The van der Waals surface area contributed by atoms with E-state index in [2.05, 4.69) is 27.7 Å². The average molecular weight is 411 g/mol. The van der Waals surface area contributed by atoms with E-state index >= 15 is 0 Å². The third-order valence-corrected chi connectivity index (χ3v) is 5.41. The Balaban J connectivity index is 1.47. The quantitative estimate of drug-likeness (QED) is 0.765. The molecule has 2 aromatic rings. The van der Waals surface area contributed by atoms with Gasteiger partial charge >= 0.3 is 6.03 Å². The van der Waals surface area contributed by atoms with Crippen LogP contribution in [-0.4, -0.2) is 50.1 Å². The Hall–Kier alpha value is -3.22. The van der Waals surface area contributed by atoms with Crippen molar-refractivity contribution in [2.24, 2.45) is 0 Å². The van der Waals surface area contributed by atoms with E-state index in [1.807, 2.05) is 36.4 Å². The van der Waals surface area contributed by atoms with Gasteiger partial charge in [-0.1, -0.05) is 12.1 Å². The number of amides is 3. The topological polar surface area (TPSA) is 73.9 Å². The SMILES string of the molecule is COc1ccc(N2CCC(NC(=O)Nc3cccc(CN(C)C(C)=O)c3)CC2)cc1. The van der Waals surface area contributed by atoms with E-state index in [0.717, 1.165) is 42.9 Å². The zero-order valence-corrected chi connectivity index (χ0v) is 17.9. The fourth-order valence-corrected chi connectivity index (χ4v) is 3.56. The number of nitrogens with one attached hydrogen (secondary N) is 2. The summed E-state index contributed by atoms with van der Waals surface area (Å²) in [6, 6.07) is 15.6. The number of hydrogen-bond donors (Lipinski definition) is 2. The Morgan fingerprint density at radius 3 is 2.47 bits per heavy atom. The normalized spacial score (nSPS) is 14.2. The van der Waals surface area contributed by atoms with Gasteiger partial charge in [-0.15, -0.1) is 0 Å². The number of benzene rings is 2. The van der Waals surface area contributed by atoms with Crippen LogP contribution in [0.3, 0.4) is 0 Å². The van der Waals surface area contributed by atoms with Gasteiger partial charge in [-0.2, -0.15) is 0 Å². The smallest absolute Gasteiger partial charge is 0.319 e. The average Bonchev–Trinajstić information content (AvgIpc) is 2.74. The zero-order chi connectivity index (χ0) is 21.5. The first kappa shape index (κ1) is 21.5. The summed E-state index contributed by atoms with van der Waals surface area (Å²) in [4.78, 5) is 27.8. The summed E-state index contributed by atoms with van der Waals surface area (Å²) in [6.07, 6.45) is 1.78. The van der Waals surface area contributed by atoms with Crippen LogP contribution in [0.5, 0.6) is 5.75 Å². The molecular formula is C23H30N4O3. The molecule has 0 spiro atoms. The van der Waals surface area contributed by atoms with Gasteiger partial charge in [0.05, 0.1) is 7.11 Å². The first-order valence-corrected chi connectivity index (χ1v) is 10.2. The summed E-state index contributed by atoms with van der Waals surface area (Å²) in [5.74, 6) is 0.857. The molecule has 3 rings (SSSR count). The maximum Gasteiger partial charge on any atom is 0.319 e. The minimum Gasteiger partial charge on any atom is -0.497 e. The lowest BCUT2D eigenvalue weighted by Gasteiger charge is -2.34. The minimum absolute atomic E-state index is 0.00656. The molecule has 0 radical (unpaired) electrons. The highest BCUT2D eigenvalue weighted by atomic mass is 16.5. The van der Waals surface area contributed by atoms with Crippen LogP contribution in [0.25, 0.3) is 0 Å². The molecule has 3 amide bonds. The molecule has 1 fully saturated rings. The predicted octanol–water partition coefficient (Wildman–Crippen LogP) is 3.46. The number of carbonyl (C=O) groups is 2. The lowest BCUT2D eigenvalue weighted by Crippen LogP contribution is -2.46. The van der Waals surface area contributed by atoms with Crippen LogP contribution in [0, 0.1) is 0 Å². The van der Waals surface area contributed by atoms with Gasteiger partial charge in [-0.25, -0.2) is 4.79 Å². The van der Waals surface area contributed by atoms with Crippen molar-refractivity contribution in [3.63, 3.8) is 0 Å². The van der Waals surface area contributed by atoms with Gasteiger partial charge in [0.1, 0.15) is 5.75 Å². The van der Waals surface area contributed by atoms with E-state index in [4.69, 9.17) is 4.74 Å². The molecule has 30 heavy (non-hydrogen) atoms. The Morgan fingerprint density at radius 1 is 1.13 bits per heavy atom. The molecule has 2 N–H and O–H groups in total. The van der Waals surface area contributed by atoms with Gasteiger partial charge in [-0.3, -0.25) is 4.79 Å². The number of piperidine rings is 1. The van der Waals surface area contributed by atoms with E-state index in [0.29, 0.717) is 6.54 Å². The number of carbonyl (C=O) groups excluding carboxylic acids is 2. The van der Waals surface area contributed by atoms with Crippen molar-refractivity contribution in [3.05, 3.63) is 54.1 Å². The van der Waals surface area contributed by atoms with E-state index in [1.165, 1.54) is 12.6 Å². The van der Waals surface area contributed by atoms with E-state index in [9.17, 15) is 9.59 Å². The van der Waals surface area contributed by atoms with E-state index in [1.54, 1.807) is 19.1 Å². The standard InChI is InChI=1S/C23H30N4O3/c1-17(28)26(2)16-18-5-4-6-20(15-18)25-23(29)24-19-11-13-27(14-12-19)21-7-9-22(30-3)10-8-21/h4-10,15,19H,11-14,16H2,1-3H3,(H2,24,25,29). The highest BCUT2D eigenvalue weighted by Gasteiger charge is 2.21. The molecule has 0 aliphatic carbocycles. The molecule has 7 heteroatoms. The molecule has 0 saturated carbocycles. The first-order chi connectivity index (χ1) is 14.4. The number of urea groups is 1. The second kappa shape index (κ2) is 10.0. The van der Waals surface area contributed by atoms with Crippen molar-refractivity contribution < 1.29 is 14.3 Å². The summed E-state index contributed by atoms with van der Waals surface area (Å²) < 4.78 is 5.21. The third kappa shape index (κ3) is 5.89. The summed E-state index contributed by atoms with van der Waals surface area (Å²) in [7, 11) is 3.42. The number of ether oxygens (including phenoxy) is 1. The third-order valence-electron chi connectivity index (χ3n) is 5.41. The van der Waals surface area contributed by atoms with Crippen LogP contribution in [0.15, 0.2) is 48.5 Å². The molecule has 0 aromatic heterocycles. The molecule has 1 aliphatic heterocycles. The lowest BCUT2D eigenvalue weighted by atomic mass is 10.0. The highest BCUT2D eigenvalue weighted by molar-refractivity contribution is 5.89. The Labute approximate surface area is 178 Å². The van der Waals surface area contributed by atoms with Crippen molar-refractivity contribution in [3.8, 4) is 5.75 Å². The van der Waals surface area contributed by atoms with Crippen LogP contribution in [0.2, 0.25) is 0 Å². The number of nitrogens with zero attached hydrogens (tertiary/aromatic N) is 2. The molecule has 0 atom stereocenters. The Morgan fingerprint density at radius 2 is 1.83 bits per heavy atom. The molecule has 2 aromatic carbocycles. The molecule has 1 heterocycles. The van der Waals surface area contributed by atoms with Crippen LogP contribution in [0.4, 0.5) is 16.2 Å². The van der Waals surface area contributed by atoms with Crippen LogP contribution in [-0.2, 0) is 11.3 Å². The molecule has 0 unspecified atom stereocenters. The number of anilines is 2. The van der Waals surface area contributed by atoms with Crippen molar-refractivity contribution in [1.82, 2.24) is 10.2 Å². The molecule has 0 bridgehead atoms. The van der Waals surface area contributed by atoms with Gasteiger partial charge in [0.25, 0.3) is 0 Å². The first-order valence-electron chi connectivity index (χ1n) is 10.2. The lowest BCUT2D eigenvalue weighted by molar-refractivity contribution is -0.128. The van der Waals surface area contributed by atoms with Crippen molar-refractivity contribution in [1.29, 1.82) is 0 Å². The monoisotopic (exact) mass is 410 g/mol. The molecule has 1 aliphatic rings. The minimum atomic E-state index is -0.199. The van der Waals surface area contributed by atoms with Gasteiger partial charge in [0, 0.05) is 51.0 Å². The molecule has 1 saturated heterocycles.